The largest absolute Gasteiger partial charge is 0.395 e. The maximum absolute atomic E-state index is 13.0. The number of carbonyl (C=O) groups excluding carboxylic acids is 1. The van der Waals surface area contributed by atoms with Crippen LogP contribution in [0.15, 0.2) is 53.6 Å². The molecule has 2 N–H and O–H groups in total. The minimum atomic E-state index is -3.67. The van der Waals surface area contributed by atoms with Gasteiger partial charge >= 0.3 is 0 Å². The van der Waals surface area contributed by atoms with E-state index in [0.29, 0.717) is 31.9 Å². The number of pyridine rings is 1. The molecule has 1 aliphatic rings. The number of hydrogen-bond donors (Lipinski definition) is 2. The van der Waals surface area contributed by atoms with Crippen molar-refractivity contribution in [1.29, 1.82) is 0 Å². The molecule has 29 heavy (non-hydrogen) atoms. The molecule has 1 aromatic carbocycles. The Morgan fingerprint density at radius 1 is 1.17 bits per heavy atom. The zero-order valence-corrected chi connectivity index (χ0v) is 17.2. The number of nitrogens with zero attached hydrogens (tertiary/aromatic N) is 3. The minimum Gasteiger partial charge on any atom is -0.395 e. The number of aliphatic hydroxyl groups excluding tert-OH is 1. The van der Waals surface area contributed by atoms with E-state index in [1.54, 1.807) is 30.3 Å². The van der Waals surface area contributed by atoms with Crippen LogP contribution in [-0.4, -0.2) is 72.4 Å². The molecule has 1 fully saturated rings. The maximum atomic E-state index is 13.0. The molecule has 0 unspecified atom stereocenters. The van der Waals surface area contributed by atoms with Gasteiger partial charge in [-0.15, -0.1) is 0 Å². The predicted molar refractivity (Wildman–Crippen MR) is 110 cm³/mol. The summed E-state index contributed by atoms with van der Waals surface area (Å²) in [6, 6.07) is 11.3. The molecule has 2 heterocycles. The SMILES string of the molecule is CC[C@H](CO)N1CCN(S(=O)(=O)c2cccc(NC(=O)c3ccccn3)c2)CC1. The Morgan fingerprint density at radius 2 is 1.93 bits per heavy atom. The fraction of sp³-hybridized carbons (Fsp3) is 0.400. The van der Waals surface area contributed by atoms with E-state index in [4.69, 9.17) is 0 Å². The number of aromatic nitrogens is 1. The average Bonchev–Trinajstić information content (AvgIpc) is 2.76. The first-order chi connectivity index (χ1) is 14.0. The maximum Gasteiger partial charge on any atom is 0.274 e. The highest BCUT2D eigenvalue weighted by molar-refractivity contribution is 7.89. The van der Waals surface area contributed by atoms with Crippen LogP contribution in [0.5, 0.6) is 0 Å². The van der Waals surface area contributed by atoms with Gasteiger partial charge in [0.25, 0.3) is 5.91 Å². The Balaban J connectivity index is 1.70. The number of anilines is 1. The van der Waals surface area contributed by atoms with Crippen molar-refractivity contribution >= 4 is 21.6 Å². The topological polar surface area (TPSA) is 103 Å². The van der Waals surface area contributed by atoms with Gasteiger partial charge in [0.1, 0.15) is 5.69 Å². The van der Waals surface area contributed by atoms with Gasteiger partial charge in [-0.05, 0) is 36.8 Å². The molecule has 156 valence electrons. The molecule has 0 aliphatic carbocycles. The van der Waals surface area contributed by atoms with E-state index in [2.05, 4.69) is 15.2 Å². The molecule has 1 amide bonds. The second kappa shape index (κ2) is 9.45. The van der Waals surface area contributed by atoms with E-state index in [0.717, 1.165) is 6.42 Å². The van der Waals surface area contributed by atoms with Gasteiger partial charge in [-0.3, -0.25) is 14.7 Å². The van der Waals surface area contributed by atoms with E-state index in [-0.39, 0.29) is 23.2 Å². The summed E-state index contributed by atoms with van der Waals surface area (Å²) in [5.74, 6) is -0.400. The fourth-order valence-corrected chi connectivity index (χ4v) is 4.86. The second-order valence-corrected chi connectivity index (χ2v) is 8.82. The Kier molecular flexibility index (Phi) is 6.96. The summed E-state index contributed by atoms with van der Waals surface area (Å²) in [4.78, 5) is 18.5. The molecule has 0 spiro atoms. The minimum absolute atomic E-state index is 0.0602. The summed E-state index contributed by atoms with van der Waals surface area (Å²) in [5.41, 5.74) is 0.651. The normalized spacial score (nSPS) is 17.0. The molecule has 2 aromatic rings. The molecule has 0 radical (unpaired) electrons. The van der Waals surface area contributed by atoms with Crippen molar-refractivity contribution in [2.24, 2.45) is 0 Å². The molecular formula is C20H26N4O4S. The quantitative estimate of drug-likeness (QED) is 0.705. The summed E-state index contributed by atoms with van der Waals surface area (Å²) in [6.45, 7) is 3.96. The highest BCUT2D eigenvalue weighted by atomic mass is 32.2. The van der Waals surface area contributed by atoms with Crippen molar-refractivity contribution in [2.45, 2.75) is 24.3 Å². The number of aliphatic hydroxyl groups is 1. The fourth-order valence-electron chi connectivity index (χ4n) is 3.39. The smallest absolute Gasteiger partial charge is 0.274 e. The lowest BCUT2D eigenvalue weighted by Crippen LogP contribution is -2.52. The Labute approximate surface area is 171 Å². The molecular weight excluding hydrogens is 392 g/mol. The van der Waals surface area contributed by atoms with Crippen LogP contribution in [0, 0.1) is 0 Å². The standard InChI is InChI=1S/C20H26N4O4S/c1-2-17(15-25)23-10-12-24(13-11-23)29(27,28)18-7-5-6-16(14-18)22-20(26)19-8-3-4-9-21-19/h3-9,14,17,25H,2,10-13,15H2,1H3,(H,22,26)/t17-/m1/s1. The average molecular weight is 419 g/mol. The monoisotopic (exact) mass is 418 g/mol. The Morgan fingerprint density at radius 3 is 2.55 bits per heavy atom. The van der Waals surface area contributed by atoms with Crippen LogP contribution in [0.3, 0.4) is 0 Å². The highest BCUT2D eigenvalue weighted by Crippen LogP contribution is 2.22. The van der Waals surface area contributed by atoms with Crippen molar-refractivity contribution in [3.8, 4) is 0 Å². The van der Waals surface area contributed by atoms with E-state index in [9.17, 15) is 18.3 Å². The van der Waals surface area contributed by atoms with Gasteiger partial charge in [0.2, 0.25) is 10.0 Å². The van der Waals surface area contributed by atoms with E-state index >= 15 is 0 Å². The van der Waals surface area contributed by atoms with Crippen molar-refractivity contribution in [3.63, 3.8) is 0 Å². The van der Waals surface area contributed by atoms with Crippen molar-refractivity contribution in [2.75, 3.05) is 38.1 Å². The summed E-state index contributed by atoms with van der Waals surface area (Å²) in [7, 11) is -3.67. The first-order valence-corrected chi connectivity index (χ1v) is 11.1. The Bertz CT molecular complexity index is 925. The van der Waals surface area contributed by atoms with Crippen LogP contribution in [0.2, 0.25) is 0 Å². The second-order valence-electron chi connectivity index (χ2n) is 6.88. The number of hydrogen-bond acceptors (Lipinski definition) is 6. The number of sulfonamides is 1. The third-order valence-corrected chi connectivity index (χ3v) is 6.99. The van der Waals surface area contributed by atoms with Crippen molar-refractivity contribution < 1.29 is 18.3 Å². The summed E-state index contributed by atoms with van der Waals surface area (Å²) in [5, 5.41) is 12.1. The predicted octanol–water partition coefficient (Wildman–Crippen LogP) is 1.41. The third-order valence-electron chi connectivity index (χ3n) is 5.10. The van der Waals surface area contributed by atoms with Gasteiger partial charge in [0, 0.05) is 44.1 Å². The summed E-state index contributed by atoms with van der Waals surface area (Å²) >= 11 is 0. The molecule has 9 heteroatoms. The molecule has 0 saturated carbocycles. The van der Waals surface area contributed by atoms with Crippen LogP contribution in [0.1, 0.15) is 23.8 Å². The van der Waals surface area contributed by atoms with E-state index in [1.807, 2.05) is 6.92 Å². The zero-order valence-electron chi connectivity index (χ0n) is 16.4. The van der Waals surface area contributed by atoms with Gasteiger partial charge in [-0.2, -0.15) is 4.31 Å². The van der Waals surface area contributed by atoms with E-state index in [1.165, 1.54) is 22.6 Å². The van der Waals surface area contributed by atoms with Gasteiger partial charge in [-0.25, -0.2) is 8.42 Å². The summed E-state index contributed by atoms with van der Waals surface area (Å²) < 4.78 is 27.5. The number of amides is 1. The van der Waals surface area contributed by atoms with Crippen LogP contribution < -0.4 is 5.32 Å². The van der Waals surface area contributed by atoms with Gasteiger partial charge < -0.3 is 10.4 Å². The number of nitrogens with one attached hydrogen (secondary N) is 1. The lowest BCUT2D eigenvalue weighted by molar-refractivity contribution is 0.0881. The first-order valence-electron chi connectivity index (χ1n) is 9.63. The van der Waals surface area contributed by atoms with Gasteiger partial charge in [0.05, 0.1) is 11.5 Å². The number of piperazine rings is 1. The number of rotatable bonds is 7. The first kappa shape index (κ1) is 21.4. The molecule has 1 aromatic heterocycles. The zero-order chi connectivity index (χ0) is 20.9. The number of carbonyl (C=O) groups is 1. The van der Waals surface area contributed by atoms with E-state index < -0.39 is 15.9 Å². The van der Waals surface area contributed by atoms with Crippen molar-refractivity contribution in [1.82, 2.24) is 14.2 Å². The molecule has 1 saturated heterocycles. The van der Waals surface area contributed by atoms with Gasteiger partial charge in [0.15, 0.2) is 0 Å². The summed E-state index contributed by atoms with van der Waals surface area (Å²) in [6.07, 6.45) is 2.34. The lowest BCUT2D eigenvalue weighted by atomic mass is 10.2. The number of benzene rings is 1. The molecule has 1 atom stereocenters. The molecule has 1 aliphatic heterocycles. The highest BCUT2D eigenvalue weighted by Gasteiger charge is 2.30. The third kappa shape index (κ3) is 4.99. The lowest BCUT2D eigenvalue weighted by Gasteiger charge is -2.37. The van der Waals surface area contributed by atoms with Crippen LogP contribution in [0.4, 0.5) is 5.69 Å². The van der Waals surface area contributed by atoms with Crippen molar-refractivity contribution in [3.05, 3.63) is 54.4 Å². The molecule has 8 nitrogen and oxygen atoms in total. The Hall–Kier alpha value is -2.33. The van der Waals surface area contributed by atoms with Crippen LogP contribution in [-0.2, 0) is 10.0 Å². The van der Waals surface area contributed by atoms with Crippen LogP contribution in [0.25, 0.3) is 0 Å². The van der Waals surface area contributed by atoms with Crippen LogP contribution >= 0.6 is 0 Å². The molecule has 0 bridgehead atoms. The van der Waals surface area contributed by atoms with Gasteiger partial charge in [-0.1, -0.05) is 19.1 Å². The molecule has 3 rings (SSSR count).